The molecule has 1 saturated carbocycles. The van der Waals surface area contributed by atoms with Crippen molar-refractivity contribution in [3.05, 3.63) is 58.1 Å². The fourth-order valence-electron chi connectivity index (χ4n) is 7.96. The molecular formula is C31H36ClIN2O7. The van der Waals surface area contributed by atoms with Crippen LogP contribution in [0, 0.1) is 0 Å². The van der Waals surface area contributed by atoms with Gasteiger partial charge in [0.1, 0.15) is 5.78 Å². The maximum Gasteiger partial charge on any atom is 0.416 e. The lowest BCUT2D eigenvalue weighted by atomic mass is 9.49. The summed E-state index contributed by atoms with van der Waals surface area (Å²) in [5.74, 6) is -2.10. The average Bonchev–Trinajstić information content (AvgIpc) is 2.93. The highest BCUT2D eigenvalue weighted by Crippen LogP contribution is 2.62. The largest absolute Gasteiger partial charge is 0.504 e. The molecule has 2 saturated heterocycles. The van der Waals surface area contributed by atoms with E-state index in [4.69, 9.17) is 21.1 Å². The Balaban J connectivity index is 1.39. The first kappa shape index (κ1) is 30.1. The number of phenols is 1. The molecule has 2 bridgehead atoms. The van der Waals surface area contributed by atoms with Gasteiger partial charge in [-0.3, -0.25) is 9.69 Å². The Labute approximate surface area is 263 Å². The van der Waals surface area contributed by atoms with E-state index >= 15 is 0 Å². The number of Topliss-reactive ketones (excluding diaryl/α,β-unsaturated/α-hetero) is 1. The Morgan fingerprint density at radius 2 is 1.93 bits per heavy atom. The number of ketones is 1. The number of aliphatic hydroxyl groups is 2. The van der Waals surface area contributed by atoms with E-state index in [0.717, 1.165) is 5.56 Å². The van der Waals surface area contributed by atoms with Crippen molar-refractivity contribution < 1.29 is 34.4 Å². The van der Waals surface area contributed by atoms with Crippen molar-refractivity contribution in [3.8, 4) is 11.5 Å². The summed E-state index contributed by atoms with van der Waals surface area (Å²) in [6.45, 7) is 5.95. The third-order valence-corrected chi connectivity index (χ3v) is 12.1. The molecule has 4 aliphatic rings. The lowest BCUT2D eigenvalue weighted by Gasteiger charge is -2.64. The van der Waals surface area contributed by atoms with E-state index < -0.39 is 38.4 Å². The molecule has 226 valence electrons. The monoisotopic (exact) mass is 710 g/mol. The Bertz CT molecular complexity index is 1470. The molecule has 0 spiro atoms. The molecular weight excluding hydrogens is 675 g/mol. The number of nitrogens with zero attached hydrogens (tertiary/aromatic N) is 2. The number of piperidine rings is 1. The van der Waals surface area contributed by atoms with E-state index in [1.807, 2.05) is 13.1 Å². The molecule has 2 aromatic carbocycles. The Morgan fingerprint density at radius 3 is 2.64 bits per heavy atom. The highest BCUT2D eigenvalue weighted by atomic mass is 127. The van der Waals surface area contributed by atoms with Gasteiger partial charge in [-0.05, 0) is 77.4 Å². The van der Waals surface area contributed by atoms with E-state index in [-0.39, 0.29) is 36.4 Å². The van der Waals surface area contributed by atoms with E-state index in [2.05, 4.69) is 27.5 Å². The second-order valence-corrected chi connectivity index (χ2v) is 14.5. The lowest BCUT2D eigenvalue weighted by molar-refractivity contribution is -0.293. The molecule has 3 unspecified atom stereocenters. The number of amides is 1. The Kier molecular flexibility index (Phi) is 7.19. The van der Waals surface area contributed by atoms with Gasteiger partial charge in [0.15, 0.2) is 11.5 Å². The van der Waals surface area contributed by atoms with Crippen molar-refractivity contribution in [1.82, 2.24) is 9.80 Å². The highest BCUT2D eigenvalue weighted by Gasteiger charge is 2.68. The van der Waals surface area contributed by atoms with Crippen LogP contribution in [-0.2, 0) is 27.2 Å². The molecule has 1 amide bonds. The molecule has 0 radical (unpaired) electrons. The predicted molar refractivity (Wildman–Crippen MR) is 164 cm³/mol. The molecule has 2 aliphatic carbocycles. The second-order valence-electron chi connectivity index (χ2n) is 12.8. The van der Waals surface area contributed by atoms with Gasteiger partial charge >= 0.3 is 6.09 Å². The van der Waals surface area contributed by atoms with Crippen LogP contribution < -0.4 is 4.74 Å². The number of likely N-dealkylation sites (tertiary alicyclic amines) is 1. The van der Waals surface area contributed by atoms with E-state index in [0.29, 0.717) is 42.0 Å². The molecule has 6 rings (SSSR count). The highest BCUT2D eigenvalue weighted by molar-refractivity contribution is 14.1. The number of hydrogen-bond donors (Lipinski definition) is 3. The van der Waals surface area contributed by atoms with E-state index in [9.17, 15) is 24.9 Å². The minimum absolute atomic E-state index is 0.00923. The lowest BCUT2D eigenvalue weighted by Crippen LogP contribution is -2.75. The molecule has 2 aliphatic heterocycles. The molecule has 0 aromatic heterocycles. The van der Waals surface area contributed by atoms with Crippen molar-refractivity contribution >= 4 is 46.1 Å². The fourth-order valence-corrected chi connectivity index (χ4v) is 9.63. The Morgan fingerprint density at radius 1 is 1.19 bits per heavy atom. The van der Waals surface area contributed by atoms with Crippen LogP contribution in [0.5, 0.6) is 11.5 Å². The number of benzene rings is 2. The van der Waals surface area contributed by atoms with Gasteiger partial charge in [-0.2, -0.15) is 0 Å². The van der Waals surface area contributed by atoms with Gasteiger partial charge in [-0.25, -0.2) is 4.79 Å². The van der Waals surface area contributed by atoms with Crippen molar-refractivity contribution in [2.45, 2.75) is 84.8 Å². The van der Waals surface area contributed by atoms with Crippen LogP contribution in [0.2, 0.25) is 5.02 Å². The Hall–Kier alpha value is -1.96. The summed E-state index contributed by atoms with van der Waals surface area (Å²) in [6, 6.07) is 8.96. The van der Waals surface area contributed by atoms with Gasteiger partial charge in [0.2, 0.25) is 5.79 Å². The van der Waals surface area contributed by atoms with Crippen LogP contribution in [-0.4, -0.2) is 84.3 Å². The zero-order chi connectivity index (χ0) is 30.4. The van der Waals surface area contributed by atoms with Crippen LogP contribution in [0.15, 0.2) is 36.4 Å². The average molecular weight is 711 g/mol. The van der Waals surface area contributed by atoms with Gasteiger partial charge < -0.3 is 29.7 Å². The topological polar surface area (TPSA) is 120 Å². The fraction of sp³-hybridized carbons (Fsp3) is 0.548. The van der Waals surface area contributed by atoms with Gasteiger partial charge in [0, 0.05) is 34.0 Å². The molecule has 6 atom stereocenters. The maximum atomic E-state index is 13.9. The van der Waals surface area contributed by atoms with Gasteiger partial charge in [0.05, 0.1) is 27.7 Å². The normalized spacial score (nSPS) is 35.8. The number of aromatic hydroxyl groups is 1. The summed E-state index contributed by atoms with van der Waals surface area (Å²) in [5.41, 5.74) is -1.37. The van der Waals surface area contributed by atoms with Crippen LogP contribution >= 0.6 is 34.2 Å². The summed E-state index contributed by atoms with van der Waals surface area (Å²) in [6.07, 6.45) is 0.796. The van der Waals surface area contributed by atoms with Crippen molar-refractivity contribution in [2.24, 2.45) is 0 Å². The quantitative estimate of drug-likeness (QED) is 0.312. The molecule has 2 heterocycles. The van der Waals surface area contributed by atoms with Crippen molar-refractivity contribution in [1.29, 1.82) is 0 Å². The third-order valence-electron chi connectivity index (χ3n) is 10.2. The minimum Gasteiger partial charge on any atom is -0.504 e. The number of likely N-dealkylation sites (N-methyl/N-ethyl adjacent to an activating group) is 1. The van der Waals surface area contributed by atoms with Crippen LogP contribution in [0.1, 0.15) is 56.7 Å². The van der Waals surface area contributed by atoms with Crippen LogP contribution in [0.3, 0.4) is 0 Å². The first-order valence-electron chi connectivity index (χ1n) is 14.3. The SMILES string of the molecule is CC1N(C(=O)Oc2ccc3c(c2O)[C@]24CCN(C)[C@H](C3)[C@]2(O)CCC(=O)C4I)C(C)(C)COC1(O)c1cccc(Cl)c1. The molecule has 2 aromatic rings. The predicted octanol–water partition coefficient (Wildman–Crippen LogP) is 4.28. The number of rotatable bonds is 2. The molecule has 42 heavy (non-hydrogen) atoms. The number of fused-ring (bicyclic) bond motifs is 1. The number of carbonyl (C=O) groups excluding carboxylic acids is 2. The third kappa shape index (κ3) is 4.08. The molecule has 3 N–H and O–H groups in total. The zero-order valence-electron chi connectivity index (χ0n) is 24.1. The summed E-state index contributed by atoms with van der Waals surface area (Å²) in [7, 11) is 1.99. The number of hydrogen-bond acceptors (Lipinski definition) is 8. The number of phenolic OH excluding ortho intramolecular Hbond substituents is 1. The summed E-state index contributed by atoms with van der Waals surface area (Å²) in [5, 5.41) is 36.1. The number of carbonyl (C=O) groups is 2. The number of morpholine rings is 1. The summed E-state index contributed by atoms with van der Waals surface area (Å²) < 4.78 is 11.3. The van der Waals surface area contributed by atoms with Gasteiger partial charge in [-0.15, -0.1) is 0 Å². The zero-order valence-corrected chi connectivity index (χ0v) is 27.0. The van der Waals surface area contributed by atoms with E-state index in [1.54, 1.807) is 51.1 Å². The number of ether oxygens (including phenoxy) is 2. The smallest absolute Gasteiger partial charge is 0.416 e. The van der Waals surface area contributed by atoms with Gasteiger partial charge in [0.25, 0.3) is 0 Å². The van der Waals surface area contributed by atoms with E-state index in [1.165, 1.54) is 4.90 Å². The van der Waals surface area contributed by atoms with Crippen molar-refractivity contribution in [3.63, 3.8) is 0 Å². The first-order chi connectivity index (χ1) is 19.7. The summed E-state index contributed by atoms with van der Waals surface area (Å²) >= 11 is 8.32. The number of alkyl halides is 1. The van der Waals surface area contributed by atoms with Gasteiger partial charge in [-0.1, -0.05) is 52.4 Å². The second kappa shape index (κ2) is 10.0. The molecule has 3 fully saturated rings. The molecule has 9 nitrogen and oxygen atoms in total. The van der Waals surface area contributed by atoms with Crippen molar-refractivity contribution in [2.75, 3.05) is 20.2 Å². The van der Waals surface area contributed by atoms with Crippen LogP contribution in [0.25, 0.3) is 0 Å². The number of halogens is 2. The van der Waals surface area contributed by atoms with Crippen LogP contribution in [0.4, 0.5) is 4.79 Å². The first-order valence-corrected chi connectivity index (χ1v) is 15.9. The summed E-state index contributed by atoms with van der Waals surface area (Å²) in [4.78, 5) is 30.6. The standard InChI is InChI=1S/C31H36ClIN2O7/c1-17-31(40,19-6-5-7-20(32)15-19)41-16-28(2,3)35(17)27(38)42-22-9-8-18-14-23-30(39)11-10-21(36)26(33)29(30,12-13-34(23)4)24(18)25(22)37/h5-9,15,17,23,26,37,39-40H,10-14,16H2,1-4H3/t17?,23-,26?,29+,30-,31?/m1/s1. The minimum atomic E-state index is -1.85. The molecule has 11 heteroatoms. The maximum absolute atomic E-state index is 13.9.